The molecule has 0 spiro atoms. The maximum atomic E-state index is 12.9. The van der Waals surface area contributed by atoms with Gasteiger partial charge in [-0.2, -0.15) is 0 Å². The zero-order valence-corrected chi connectivity index (χ0v) is 20.5. The Morgan fingerprint density at radius 2 is 1.47 bits per heavy atom. The Balaban J connectivity index is 1.21. The maximum absolute atomic E-state index is 12.9. The average molecular weight is 525 g/mol. The first-order valence-corrected chi connectivity index (χ1v) is 12.4. The Bertz CT molecular complexity index is 1330. The number of carbonyl (C=O) groups excluding carboxylic acids is 4. The lowest BCUT2D eigenvalue weighted by molar-refractivity contribution is -0.122. The summed E-state index contributed by atoms with van der Waals surface area (Å²) in [5.74, 6) is -2.75. The van der Waals surface area contributed by atoms with Crippen LogP contribution in [0.5, 0.6) is 0 Å². The number of esters is 1. The number of fused-ring (bicyclic) bond motifs is 2. The van der Waals surface area contributed by atoms with Crippen LogP contribution >= 0.6 is 23.2 Å². The number of imide groups is 1. The summed E-state index contributed by atoms with van der Waals surface area (Å²) in [4.78, 5) is 51.8. The predicted molar refractivity (Wildman–Crippen MR) is 137 cm³/mol. The SMILES string of the molecule is O=C(COC(=O)c1ccc(N2C(=O)[C@@H]3C[C@@H](Cl)[C@@H](Cl)C[C@H]3C2=O)cc1)Nc1cccc2ccccc12. The summed E-state index contributed by atoms with van der Waals surface area (Å²) in [6.07, 6.45) is 0.708. The molecule has 2 fully saturated rings. The summed E-state index contributed by atoms with van der Waals surface area (Å²) in [7, 11) is 0. The molecule has 5 rings (SSSR count). The van der Waals surface area contributed by atoms with E-state index in [4.69, 9.17) is 27.9 Å². The second kappa shape index (κ2) is 9.91. The number of ether oxygens (including phenoxy) is 1. The number of nitrogens with one attached hydrogen (secondary N) is 1. The van der Waals surface area contributed by atoms with Gasteiger partial charge in [0.1, 0.15) is 0 Å². The van der Waals surface area contributed by atoms with Crippen LogP contribution in [0.1, 0.15) is 23.2 Å². The fourth-order valence-corrected chi connectivity index (χ4v) is 5.42. The molecule has 1 saturated carbocycles. The number of halogens is 2. The minimum atomic E-state index is -0.697. The summed E-state index contributed by atoms with van der Waals surface area (Å²) >= 11 is 12.5. The van der Waals surface area contributed by atoms with Crippen LogP contribution in [0.25, 0.3) is 10.8 Å². The van der Waals surface area contributed by atoms with Crippen LogP contribution in [0, 0.1) is 11.8 Å². The Kier molecular flexibility index (Phi) is 6.69. The van der Waals surface area contributed by atoms with E-state index in [-0.39, 0.29) is 28.1 Å². The van der Waals surface area contributed by atoms with E-state index >= 15 is 0 Å². The number of benzene rings is 3. The molecular weight excluding hydrogens is 503 g/mol. The molecule has 1 N–H and O–H groups in total. The Morgan fingerprint density at radius 1 is 0.861 bits per heavy atom. The number of nitrogens with zero attached hydrogens (tertiary/aromatic N) is 1. The van der Waals surface area contributed by atoms with Gasteiger partial charge in [0.2, 0.25) is 11.8 Å². The third kappa shape index (κ3) is 4.56. The van der Waals surface area contributed by atoms with E-state index in [1.807, 2.05) is 36.4 Å². The molecule has 7 nitrogen and oxygen atoms in total. The normalized spacial score (nSPS) is 23.4. The number of alkyl halides is 2. The van der Waals surface area contributed by atoms with Gasteiger partial charge in [-0.05, 0) is 48.6 Å². The largest absolute Gasteiger partial charge is 0.452 e. The van der Waals surface area contributed by atoms with Crippen molar-refractivity contribution in [2.75, 3.05) is 16.8 Å². The summed E-state index contributed by atoms with van der Waals surface area (Å²) in [6, 6.07) is 19.1. The van der Waals surface area contributed by atoms with Crippen molar-refractivity contribution in [2.24, 2.45) is 11.8 Å². The third-order valence-electron chi connectivity index (χ3n) is 6.67. The van der Waals surface area contributed by atoms with Gasteiger partial charge in [0.15, 0.2) is 6.61 Å². The monoisotopic (exact) mass is 524 g/mol. The first kappa shape index (κ1) is 24.3. The van der Waals surface area contributed by atoms with Crippen molar-refractivity contribution in [3.8, 4) is 0 Å². The van der Waals surface area contributed by atoms with Crippen molar-refractivity contribution < 1.29 is 23.9 Å². The van der Waals surface area contributed by atoms with Crippen molar-refractivity contribution in [3.05, 3.63) is 72.3 Å². The number of hydrogen-bond donors (Lipinski definition) is 1. The highest BCUT2D eigenvalue weighted by molar-refractivity contribution is 6.31. The first-order valence-electron chi connectivity index (χ1n) is 11.5. The molecule has 0 radical (unpaired) electrons. The topological polar surface area (TPSA) is 92.8 Å². The van der Waals surface area contributed by atoms with Gasteiger partial charge in [0, 0.05) is 11.1 Å². The van der Waals surface area contributed by atoms with Gasteiger partial charge in [0.05, 0.1) is 33.8 Å². The molecular formula is C27H22Cl2N2O5. The maximum Gasteiger partial charge on any atom is 0.338 e. The molecule has 36 heavy (non-hydrogen) atoms. The third-order valence-corrected chi connectivity index (χ3v) is 7.76. The summed E-state index contributed by atoms with van der Waals surface area (Å²) in [5, 5.41) is 3.90. The number of amides is 3. The van der Waals surface area contributed by atoms with Crippen LogP contribution in [0.15, 0.2) is 66.7 Å². The van der Waals surface area contributed by atoms with E-state index in [1.54, 1.807) is 6.07 Å². The highest BCUT2D eigenvalue weighted by atomic mass is 35.5. The Labute approximate surface area is 217 Å². The van der Waals surface area contributed by atoms with Crippen LogP contribution in [-0.4, -0.2) is 41.1 Å². The fraction of sp³-hybridized carbons (Fsp3) is 0.259. The van der Waals surface area contributed by atoms with E-state index in [0.717, 1.165) is 15.7 Å². The number of carbonyl (C=O) groups is 4. The lowest BCUT2D eigenvalue weighted by Crippen LogP contribution is -2.34. The van der Waals surface area contributed by atoms with Crippen LogP contribution in [0.2, 0.25) is 0 Å². The standard InChI is InChI=1S/C27H22Cl2N2O5/c28-21-12-19-20(13-22(21)29)26(34)31(25(19)33)17-10-8-16(9-11-17)27(35)36-14-24(32)30-23-7-3-5-15-4-1-2-6-18(15)23/h1-11,19-22H,12-14H2,(H,30,32)/t19-,20-,21-,22+/m1/s1. The molecule has 1 aliphatic carbocycles. The molecule has 1 saturated heterocycles. The van der Waals surface area contributed by atoms with Crippen molar-refractivity contribution in [1.29, 1.82) is 0 Å². The van der Waals surface area contributed by atoms with Gasteiger partial charge in [-0.15, -0.1) is 23.2 Å². The van der Waals surface area contributed by atoms with Crippen molar-refractivity contribution in [3.63, 3.8) is 0 Å². The van der Waals surface area contributed by atoms with Gasteiger partial charge in [-0.25, -0.2) is 4.79 Å². The summed E-state index contributed by atoms with van der Waals surface area (Å²) in [5.41, 5.74) is 1.18. The molecule has 3 aromatic carbocycles. The molecule has 184 valence electrons. The minimum Gasteiger partial charge on any atom is -0.452 e. The zero-order chi connectivity index (χ0) is 25.4. The van der Waals surface area contributed by atoms with Crippen LogP contribution in [-0.2, 0) is 19.1 Å². The van der Waals surface area contributed by atoms with E-state index in [9.17, 15) is 19.2 Å². The van der Waals surface area contributed by atoms with Crippen LogP contribution in [0.4, 0.5) is 11.4 Å². The summed E-state index contributed by atoms with van der Waals surface area (Å²) in [6.45, 7) is -0.463. The lowest BCUT2D eigenvalue weighted by Gasteiger charge is -2.28. The minimum absolute atomic E-state index is 0.190. The number of hydrogen-bond acceptors (Lipinski definition) is 5. The van der Waals surface area contributed by atoms with E-state index in [0.29, 0.717) is 24.2 Å². The van der Waals surface area contributed by atoms with Gasteiger partial charge < -0.3 is 10.1 Å². The second-order valence-corrected chi connectivity index (χ2v) is 10.0. The van der Waals surface area contributed by atoms with Gasteiger partial charge in [-0.3, -0.25) is 19.3 Å². The molecule has 0 aromatic heterocycles. The second-order valence-electron chi connectivity index (χ2n) is 8.93. The molecule has 0 bridgehead atoms. The van der Waals surface area contributed by atoms with Crippen molar-refractivity contribution in [1.82, 2.24) is 0 Å². The first-order chi connectivity index (χ1) is 17.3. The van der Waals surface area contributed by atoms with E-state index < -0.39 is 30.3 Å². The van der Waals surface area contributed by atoms with Gasteiger partial charge in [0.25, 0.3) is 5.91 Å². The molecule has 9 heteroatoms. The lowest BCUT2D eigenvalue weighted by atomic mass is 9.80. The predicted octanol–water partition coefficient (Wildman–Crippen LogP) is 4.75. The van der Waals surface area contributed by atoms with Crippen LogP contribution < -0.4 is 10.2 Å². The molecule has 2 aliphatic rings. The van der Waals surface area contributed by atoms with E-state index in [1.165, 1.54) is 24.3 Å². The average Bonchev–Trinajstić information content (AvgIpc) is 3.12. The number of rotatable bonds is 5. The molecule has 0 unspecified atom stereocenters. The summed E-state index contributed by atoms with van der Waals surface area (Å²) < 4.78 is 5.15. The quantitative estimate of drug-likeness (QED) is 0.295. The van der Waals surface area contributed by atoms with Gasteiger partial charge >= 0.3 is 5.97 Å². The molecule has 3 amide bonds. The highest BCUT2D eigenvalue weighted by Gasteiger charge is 2.52. The molecule has 4 atom stereocenters. The van der Waals surface area contributed by atoms with Gasteiger partial charge in [-0.1, -0.05) is 36.4 Å². The van der Waals surface area contributed by atoms with Crippen molar-refractivity contribution in [2.45, 2.75) is 23.6 Å². The Hall–Kier alpha value is -3.42. The molecule has 3 aromatic rings. The van der Waals surface area contributed by atoms with Crippen molar-refractivity contribution >= 4 is 69.0 Å². The number of anilines is 2. The fourth-order valence-electron chi connectivity index (χ4n) is 4.83. The molecule has 1 aliphatic heterocycles. The molecule has 1 heterocycles. The highest BCUT2D eigenvalue weighted by Crippen LogP contribution is 2.43. The zero-order valence-electron chi connectivity index (χ0n) is 19.0. The smallest absolute Gasteiger partial charge is 0.338 e. The Morgan fingerprint density at radius 3 is 2.14 bits per heavy atom. The van der Waals surface area contributed by atoms with Crippen LogP contribution in [0.3, 0.4) is 0 Å². The van der Waals surface area contributed by atoms with E-state index in [2.05, 4.69) is 5.32 Å².